The topological polar surface area (TPSA) is 22.1 Å². The summed E-state index contributed by atoms with van der Waals surface area (Å²) in [6.07, 6.45) is 9.63. The van der Waals surface area contributed by atoms with Crippen LogP contribution in [0.5, 0.6) is 5.75 Å². The van der Waals surface area contributed by atoms with E-state index in [2.05, 4.69) is 29.7 Å². The van der Waals surface area contributed by atoms with Gasteiger partial charge in [0.2, 0.25) is 0 Å². The van der Waals surface area contributed by atoms with Gasteiger partial charge in [0, 0.05) is 10.8 Å². The maximum atomic E-state index is 6.09. The number of benzene rings is 1. The molecule has 1 aliphatic rings. The first-order valence-electron chi connectivity index (χ1n) is 7.90. The lowest BCUT2D eigenvalue weighted by molar-refractivity contribution is 0.148. The van der Waals surface area contributed by atoms with E-state index in [1.54, 1.807) is 0 Å². The standard InChI is InChI=1S/C18H23NOS/c21-14-18(9-5-1-2-6-10-18)13-20-16-11-15-7-3-4-8-17(15)19-12-16/h3-4,7-8,11-12,21H,1-2,5-6,9-10,13-14H2. The van der Waals surface area contributed by atoms with Gasteiger partial charge in [-0.25, -0.2) is 0 Å². The second kappa shape index (κ2) is 6.69. The Hall–Kier alpha value is -1.22. The first-order valence-corrected chi connectivity index (χ1v) is 8.53. The molecule has 3 heteroatoms. The fourth-order valence-corrected chi connectivity index (χ4v) is 3.60. The first-order chi connectivity index (χ1) is 10.3. The minimum atomic E-state index is 0.241. The Balaban J connectivity index is 1.72. The van der Waals surface area contributed by atoms with E-state index in [1.165, 1.54) is 38.5 Å². The minimum Gasteiger partial charge on any atom is -0.491 e. The van der Waals surface area contributed by atoms with Crippen molar-refractivity contribution in [2.24, 2.45) is 5.41 Å². The Morgan fingerprint density at radius 2 is 1.86 bits per heavy atom. The van der Waals surface area contributed by atoms with Gasteiger partial charge in [0.05, 0.1) is 18.3 Å². The summed E-state index contributed by atoms with van der Waals surface area (Å²) in [6, 6.07) is 10.2. The Kier molecular flexibility index (Phi) is 4.69. The zero-order chi connectivity index (χ0) is 14.5. The summed E-state index contributed by atoms with van der Waals surface area (Å²) >= 11 is 4.61. The molecule has 21 heavy (non-hydrogen) atoms. The van der Waals surface area contributed by atoms with Gasteiger partial charge < -0.3 is 4.74 Å². The van der Waals surface area contributed by atoms with E-state index in [4.69, 9.17) is 4.74 Å². The molecule has 0 amide bonds. The predicted octanol–water partition coefficient (Wildman–Crippen LogP) is 4.88. The highest BCUT2D eigenvalue weighted by Crippen LogP contribution is 2.36. The molecule has 1 aromatic heterocycles. The third-order valence-electron chi connectivity index (χ3n) is 4.61. The highest BCUT2D eigenvalue weighted by Gasteiger charge is 2.30. The number of rotatable bonds is 4. The van der Waals surface area contributed by atoms with Crippen molar-refractivity contribution in [2.45, 2.75) is 38.5 Å². The third-order valence-corrected chi connectivity index (χ3v) is 5.28. The van der Waals surface area contributed by atoms with Crippen LogP contribution in [0.15, 0.2) is 36.5 Å². The van der Waals surface area contributed by atoms with Crippen LogP contribution in [0, 0.1) is 5.41 Å². The SMILES string of the molecule is SCC1(COc2cnc3ccccc3c2)CCCCCC1. The van der Waals surface area contributed by atoms with E-state index in [0.29, 0.717) is 0 Å². The summed E-state index contributed by atoms with van der Waals surface area (Å²) in [6.45, 7) is 0.760. The van der Waals surface area contributed by atoms with Gasteiger partial charge in [-0.3, -0.25) is 4.98 Å². The molecule has 0 aliphatic heterocycles. The molecule has 112 valence electrons. The van der Waals surface area contributed by atoms with Gasteiger partial charge >= 0.3 is 0 Å². The van der Waals surface area contributed by atoms with E-state index in [1.807, 2.05) is 24.4 Å². The molecule has 0 spiro atoms. The van der Waals surface area contributed by atoms with Crippen molar-refractivity contribution in [3.8, 4) is 5.75 Å². The van der Waals surface area contributed by atoms with Crippen molar-refractivity contribution < 1.29 is 4.74 Å². The fourth-order valence-electron chi connectivity index (χ4n) is 3.19. The van der Waals surface area contributed by atoms with Gasteiger partial charge in [-0.15, -0.1) is 0 Å². The molecule has 3 rings (SSSR count). The van der Waals surface area contributed by atoms with E-state index < -0.39 is 0 Å². The lowest BCUT2D eigenvalue weighted by Crippen LogP contribution is -2.30. The minimum absolute atomic E-state index is 0.241. The molecule has 2 aromatic rings. The number of para-hydroxylation sites is 1. The van der Waals surface area contributed by atoms with Crippen LogP contribution in [0.4, 0.5) is 0 Å². The summed E-state index contributed by atoms with van der Waals surface area (Å²) in [7, 11) is 0. The number of thiol groups is 1. The van der Waals surface area contributed by atoms with E-state index in [0.717, 1.165) is 29.0 Å². The third kappa shape index (κ3) is 3.52. The summed E-state index contributed by atoms with van der Waals surface area (Å²) < 4.78 is 6.09. The lowest BCUT2D eigenvalue weighted by Gasteiger charge is -2.30. The molecule has 0 N–H and O–H groups in total. The Morgan fingerprint density at radius 3 is 2.62 bits per heavy atom. The van der Waals surface area contributed by atoms with Gasteiger partial charge in [-0.1, -0.05) is 43.9 Å². The van der Waals surface area contributed by atoms with Crippen molar-refractivity contribution in [2.75, 3.05) is 12.4 Å². The quantitative estimate of drug-likeness (QED) is 0.642. The Labute approximate surface area is 132 Å². The lowest BCUT2D eigenvalue weighted by atomic mass is 9.83. The molecule has 1 heterocycles. The number of ether oxygens (including phenoxy) is 1. The Morgan fingerprint density at radius 1 is 1.10 bits per heavy atom. The molecule has 0 unspecified atom stereocenters. The maximum Gasteiger partial charge on any atom is 0.138 e. The molecule has 0 saturated heterocycles. The molecule has 0 radical (unpaired) electrons. The van der Waals surface area contributed by atoms with Crippen LogP contribution in [0.2, 0.25) is 0 Å². The average Bonchev–Trinajstić information content (AvgIpc) is 2.79. The maximum absolute atomic E-state index is 6.09. The van der Waals surface area contributed by atoms with Gasteiger partial charge in [0.25, 0.3) is 0 Å². The number of fused-ring (bicyclic) bond motifs is 1. The van der Waals surface area contributed by atoms with Crippen molar-refractivity contribution in [3.63, 3.8) is 0 Å². The predicted molar refractivity (Wildman–Crippen MR) is 91.2 cm³/mol. The number of hydrogen-bond acceptors (Lipinski definition) is 3. The summed E-state index contributed by atoms with van der Waals surface area (Å²) in [5.74, 6) is 1.78. The zero-order valence-electron chi connectivity index (χ0n) is 12.4. The summed E-state index contributed by atoms with van der Waals surface area (Å²) in [4.78, 5) is 4.47. The number of aromatic nitrogens is 1. The van der Waals surface area contributed by atoms with Crippen LogP contribution in [-0.4, -0.2) is 17.3 Å². The van der Waals surface area contributed by atoms with Crippen molar-refractivity contribution in [1.29, 1.82) is 0 Å². The fraction of sp³-hybridized carbons (Fsp3) is 0.500. The van der Waals surface area contributed by atoms with Gasteiger partial charge in [-0.2, -0.15) is 12.6 Å². The van der Waals surface area contributed by atoms with Gasteiger partial charge in [0.15, 0.2) is 0 Å². The summed E-state index contributed by atoms with van der Waals surface area (Å²) in [5, 5.41) is 1.13. The summed E-state index contributed by atoms with van der Waals surface area (Å²) in [5.41, 5.74) is 1.26. The van der Waals surface area contributed by atoms with Gasteiger partial charge in [-0.05, 0) is 30.7 Å². The molecule has 0 atom stereocenters. The highest BCUT2D eigenvalue weighted by atomic mass is 32.1. The molecule has 1 aliphatic carbocycles. The second-order valence-corrected chi connectivity index (χ2v) is 6.54. The molecule has 2 nitrogen and oxygen atoms in total. The van der Waals surface area contributed by atoms with Crippen LogP contribution in [0.1, 0.15) is 38.5 Å². The van der Waals surface area contributed by atoms with Crippen LogP contribution in [0.25, 0.3) is 10.9 Å². The normalized spacial score (nSPS) is 18.3. The van der Waals surface area contributed by atoms with Crippen molar-refractivity contribution in [1.82, 2.24) is 4.98 Å². The van der Waals surface area contributed by atoms with Crippen LogP contribution in [0.3, 0.4) is 0 Å². The van der Waals surface area contributed by atoms with E-state index >= 15 is 0 Å². The van der Waals surface area contributed by atoms with Crippen LogP contribution < -0.4 is 4.74 Å². The molecule has 1 saturated carbocycles. The molecular formula is C18H23NOS. The largest absolute Gasteiger partial charge is 0.491 e. The second-order valence-electron chi connectivity index (χ2n) is 6.22. The highest BCUT2D eigenvalue weighted by molar-refractivity contribution is 7.80. The molecule has 1 fully saturated rings. The zero-order valence-corrected chi connectivity index (χ0v) is 13.3. The smallest absolute Gasteiger partial charge is 0.138 e. The number of pyridine rings is 1. The van der Waals surface area contributed by atoms with Crippen LogP contribution >= 0.6 is 12.6 Å². The van der Waals surface area contributed by atoms with Crippen molar-refractivity contribution in [3.05, 3.63) is 36.5 Å². The van der Waals surface area contributed by atoms with Crippen molar-refractivity contribution >= 4 is 23.5 Å². The van der Waals surface area contributed by atoms with Gasteiger partial charge in [0.1, 0.15) is 5.75 Å². The average molecular weight is 301 g/mol. The monoisotopic (exact) mass is 301 g/mol. The van der Waals surface area contributed by atoms with E-state index in [9.17, 15) is 0 Å². The first kappa shape index (κ1) is 14.7. The molecule has 1 aromatic carbocycles. The Bertz CT molecular complexity index is 591. The number of nitrogens with zero attached hydrogens (tertiary/aromatic N) is 1. The number of hydrogen-bond donors (Lipinski definition) is 1. The van der Waals surface area contributed by atoms with Crippen LogP contribution in [-0.2, 0) is 0 Å². The van der Waals surface area contributed by atoms with E-state index in [-0.39, 0.29) is 5.41 Å². The molecule has 0 bridgehead atoms. The molecular weight excluding hydrogens is 278 g/mol.